The second kappa shape index (κ2) is 39.8. The van der Waals surface area contributed by atoms with Crippen molar-refractivity contribution in [2.24, 2.45) is 23.7 Å². The van der Waals surface area contributed by atoms with Crippen LogP contribution in [0.25, 0.3) is 33.6 Å². The Morgan fingerprint density at radius 2 is 0.787 bits per heavy atom. The molecular formula is C95H105Cl3F6N28O4. The van der Waals surface area contributed by atoms with Crippen LogP contribution in [0.15, 0.2) is 178 Å². The minimum Gasteiger partial charge on any atom is -0.346 e. The van der Waals surface area contributed by atoms with Gasteiger partial charge in [0.05, 0.1) is 93.7 Å². The van der Waals surface area contributed by atoms with Crippen LogP contribution < -0.4 is 46.2 Å². The highest BCUT2D eigenvalue weighted by Crippen LogP contribution is 2.50. The van der Waals surface area contributed by atoms with E-state index in [1.54, 1.807) is 75.3 Å². The third kappa shape index (κ3) is 21.7. The lowest BCUT2D eigenvalue weighted by Crippen LogP contribution is -2.38. The third-order valence-corrected chi connectivity index (χ3v) is 24.0. The van der Waals surface area contributed by atoms with Crippen LogP contribution in [-0.2, 0) is 23.4 Å². The van der Waals surface area contributed by atoms with E-state index in [0.29, 0.717) is 72.2 Å². The van der Waals surface area contributed by atoms with Crippen molar-refractivity contribution in [1.82, 2.24) is 98.9 Å². The van der Waals surface area contributed by atoms with Crippen LogP contribution in [-0.4, -0.2) is 189 Å². The molecule has 136 heavy (non-hydrogen) atoms. The lowest BCUT2D eigenvalue weighted by molar-refractivity contribution is -0.141. The number of imidazole rings is 2. The Morgan fingerprint density at radius 1 is 0.426 bits per heavy atom. The lowest BCUT2D eigenvalue weighted by atomic mass is 10.0. The Kier molecular flexibility index (Phi) is 25.4. The number of nitrogens with zero attached hydrogens (tertiary/aromatic N) is 23. The molecule has 5 N–H and O–H groups in total. The fourth-order valence-corrected chi connectivity index (χ4v) is 16.4. The van der Waals surface area contributed by atoms with E-state index in [-0.39, 0.29) is 64.8 Å². The second-order valence-electron chi connectivity index (χ2n) is 35.0. The van der Waals surface area contributed by atoms with Crippen molar-refractivity contribution in [3.63, 3.8) is 0 Å². The zero-order chi connectivity index (χ0) is 104. The average Bonchev–Trinajstić information content (AvgIpc) is 1.59. The standard InChI is InChI=1S/C25H28F3N7O.C24H26F3N7O.C23H25Cl2N7O.C23H26ClN7O/c1-14(2)20-13-34(5)24(36)35(20)22-7-9-30-23(33-22)32-16(4)19-10-15(3)18(12-31-19)17-6-8-29-21(11-17)25(26,27)28;1-13(2)19-12-31-23(35)34(19)21-6-8-29-22(33-21)32-15(4)18-9-14(3)17(11-30-18)16-5-7-28-20(10-16)24(25,26)27;1-14(2)18-11-30(3)22(33)32(18)20-4-7-26-21(28-20)29-23(5-6-23)19-12-31(13-27-19)17-9-15(24)8-16(25)10-17;1-15(2)18-12-29(3)22(32)31(18)20-7-10-25-21(27-20)28-23(8-9-23)19-13-30(14-26-19)17-6-4-5-16(24)11-17/h6-12,14,16,20H,13H2,1-5H3,(H,30,32,33);5-11,13,15,19H,12H2,1-4H3,(H,31,35)(H,29,32,33);4,7-10,12-14,18H,5-6,11H2,1-3H3,(H,26,28,29);4-7,10-11,13-15,18H,8-9,12H2,1-3H3,(H,25,27,28)/t16-,20+;15-,19+;2*18-/m0011/s1/i13D2;12D2;11D2;12D2. The van der Waals surface area contributed by atoms with Crippen LogP contribution >= 0.6 is 34.8 Å². The molecule has 12 aromatic rings. The van der Waals surface area contributed by atoms with E-state index < -0.39 is 104 Å². The number of carbonyl (C=O) groups is 4. The Hall–Kier alpha value is -13.5. The summed E-state index contributed by atoms with van der Waals surface area (Å²) in [6.07, 6.45) is 13.1. The minimum absolute atomic E-state index is 0.111. The first kappa shape index (κ1) is 86.6. The van der Waals surface area contributed by atoms with Gasteiger partial charge in [-0.05, 0) is 196 Å². The molecule has 41 heteroatoms. The number of pyridine rings is 4. The Morgan fingerprint density at radius 3 is 1.15 bits per heavy atom. The quantitative estimate of drug-likeness (QED) is 0.0351. The summed E-state index contributed by atoms with van der Waals surface area (Å²) < 4.78 is 149. The number of alkyl halides is 6. The fraction of sp³-hybridized carbons (Fsp3) is 0.389. The number of halogens is 9. The van der Waals surface area contributed by atoms with Crippen molar-refractivity contribution in [2.75, 3.05) is 88.0 Å². The Balaban J connectivity index is 0.000000145. The average molecular weight is 1930 g/mol. The van der Waals surface area contributed by atoms with E-state index >= 15 is 0 Å². The van der Waals surface area contributed by atoms with E-state index in [2.05, 4.69) is 96.4 Å². The number of benzene rings is 2. The predicted octanol–water partition coefficient (Wildman–Crippen LogP) is 19.6. The molecule has 0 spiro atoms. The molecule has 6 fully saturated rings. The molecule has 6 atom stereocenters. The molecule has 4 aliphatic heterocycles. The first-order valence-corrected chi connectivity index (χ1v) is 44.8. The van der Waals surface area contributed by atoms with Crippen molar-refractivity contribution in [3.8, 4) is 33.6 Å². The number of aryl methyl sites for hydroxylation is 2. The van der Waals surface area contributed by atoms with Gasteiger partial charge < -0.3 is 50.4 Å². The number of amides is 8. The molecule has 4 saturated heterocycles. The summed E-state index contributed by atoms with van der Waals surface area (Å²) in [4.78, 5) is 120. The lowest BCUT2D eigenvalue weighted by Gasteiger charge is -2.25. The molecule has 2 saturated carbocycles. The van der Waals surface area contributed by atoms with Gasteiger partial charge in [-0.15, -0.1) is 0 Å². The number of hydrogen-bond donors (Lipinski definition) is 5. The number of carbonyl (C=O) groups excluding carboxylic acids is 4. The van der Waals surface area contributed by atoms with Crippen LogP contribution in [0.5, 0.6) is 0 Å². The van der Waals surface area contributed by atoms with Crippen molar-refractivity contribution < 1.29 is 56.5 Å². The number of nitrogens with one attached hydrogen (secondary N) is 5. The van der Waals surface area contributed by atoms with E-state index in [1.165, 1.54) is 83.7 Å². The van der Waals surface area contributed by atoms with Crippen LogP contribution in [0.4, 0.5) is 92.6 Å². The Bertz CT molecular complexity index is 6790. The molecule has 8 amide bonds. The van der Waals surface area contributed by atoms with Crippen molar-refractivity contribution in [3.05, 3.63) is 238 Å². The molecule has 0 bridgehead atoms. The molecular weight excluding hydrogens is 1820 g/mol. The van der Waals surface area contributed by atoms with E-state index in [4.69, 9.17) is 45.8 Å². The van der Waals surface area contributed by atoms with Gasteiger partial charge in [0.15, 0.2) is 0 Å². The number of hydrogen-bond acceptors (Lipinski definition) is 22. The van der Waals surface area contributed by atoms with Crippen molar-refractivity contribution in [1.29, 1.82) is 0 Å². The zero-order valence-electron chi connectivity index (χ0n) is 84.7. The molecule has 18 rings (SSSR count). The number of likely N-dealkylation sites (N-methyl/N-ethyl adjacent to an activating group) is 3. The first-order valence-electron chi connectivity index (χ1n) is 47.7. The molecule has 0 unspecified atom stereocenters. The summed E-state index contributed by atoms with van der Waals surface area (Å²) in [5.41, 5.74) is 5.17. The number of rotatable bonds is 24. The minimum atomic E-state index is -4.54. The number of urea groups is 4. The number of anilines is 8. The summed E-state index contributed by atoms with van der Waals surface area (Å²) in [6.45, 7) is 14.7. The number of aromatic nitrogens is 16. The molecule has 10 aromatic heterocycles. The Labute approximate surface area is 809 Å². The van der Waals surface area contributed by atoms with E-state index in [9.17, 15) is 45.5 Å². The van der Waals surface area contributed by atoms with Gasteiger partial charge in [0.1, 0.15) is 34.7 Å². The van der Waals surface area contributed by atoms with Gasteiger partial charge in [-0.1, -0.05) is 96.3 Å². The van der Waals surface area contributed by atoms with Crippen LogP contribution in [0.3, 0.4) is 0 Å². The second-order valence-corrected chi connectivity index (χ2v) is 36.3. The molecule has 2 aliphatic carbocycles. The highest BCUT2D eigenvalue weighted by molar-refractivity contribution is 6.35. The summed E-state index contributed by atoms with van der Waals surface area (Å²) in [7, 11) is 4.38. The summed E-state index contributed by atoms with van der Waals surface area (Å²) in [5, 5.41) is 17.2. The maximum atomic E-state index is 13.1. The van der Waals surface area contributed by atoms with Gasteiger partial charge >= 0.3 is 36.5 Å². The highest BCUT2D eigenvalue weighted by atomic mass is 35.5. The molecule has 0 radical (unpaired) electrons. The molecule has 6 aliphatic rings. The monoisotopic (exact) mass is 1930 g/mol. The van der Waals surface area contributed by atoms with Gasteiger partial charge in [-0.25, -0.2) is 49.1 Å². The summed E-state index contributed by atoms with van der Waals surface area (Å²) in [5.74, 6) is 1.80. The van der Waals surface area contributed by atoms with Crippen LogP contribution in [0.1, 0.15) is 163 Å². The topological polar surface area (TPSA) is 341 Å². The largest absolute Gasteiger partial charge is 0.433 e. The highest BCUT2D eigenvalue weighted by Gasteiger charge is 2.50. The van der Waals surface area contributed by atoms with Gasteiger partial charge in [-0.3, -0.25) is 39.5 Å². The summed E-state index contributed by atoms with van der Waals surface area (Å²) >= 11 is 18.4. The van der Waals surface area contributed by atoms with Crippen LogP contribution in [0, 0.1) is 37.5 Å². The third-order valence-electron chi connectivity index (χ3n) is 23.4. The van der Waals surface area contributed by atoms with Gasteiger partial charge in [0.2, 0.25) is 23.8 Å². The molecule has 32 nitrogen and oxygen atoms in total. The normalized spacial score (nSPS) is 20.6. The SMILES string of the molecule is [2H]C1([2H])NC(=O)N(c2ccnc(N[C@@H](C)c3cc(C)c(-c4ccnc(C(F)(F)F)c4)cn3)n2)[C@H]1C(C)C.[2H]C1([2H])[C@H](C(C)C)N(c2ccnc(NC3(c4cn(-c5cc(Cl)cc(Cl)c5)cn4)CC3)n2)C(=O)N1C.[2H]C1([2H])[C@H](C(C)C)N(c2ccnc(NC3(c4cn(-c5cccc(Cl)c5)cn4)CC3)n2)C(=O)N1C.[2H]C1([2H])[C@H](C(C)C)N(c2ccnc(N[C@@H](C)c3cc(C)c(-c4ccnc(C(F)(F)F)c4)cn3)n2)C(=O)N1C. The predicted molar refractivity (Wildman–Crippen MR) is 510 cm³/mol. The molecule has 2 aromatic carbocycles. The maximum Gasteiger partial charge on any atom is 0.433 e. The van der Waals surface area contributed by atoms with E-state index in [0.717, 1.165) is 98.8 Å². The molecule has 14 heterocycles. The van der Waals surface area contributed by atoms with Crippen molar-refractivity contribution >= 4 is 106 Å². The smallest absolute Gasteiger partial charge is 0.346 e. The van der Waals surface area contributed by atoms with Gasteiger partial charge in [-0.2, -0.15) is 46.3 Å². The van der Waals surface area contributed by atoms with Gasteiger partial charge in [0.25, 0.3) is 0 Å². The maximum absolute atomic E-state index is 13.1. The fourth-order valence-electron chi connectivity index (χ4n) is 15.7. The van der Waals surface area contributed by atoms with Crippen LogP contribution in [0.2, 0.25) is 15.1 Å². The zero-order valence-corrected chi connectivity index (χ0v) is 78.9. The van der Waals surface area contributed by atoms with E-state index in [1.807, 2.05) is 127 Å². The summed E-state index contributed by atoms with van der Waals surface area (Å²) in [6, 6.07) is 22.2. The van der Waals surface area contributed by atoms with Gasteiger partial charge in [0, 0.05) is 147 Å². The molecule has 712 valence electrons. The van der Waals surface area contributed by atoms with Crippen molar-refractivity contribution in [2.45, 2.75) is 168 Å². The first-order chi connectivity index (χ1) is 67.6.